The van der Waals surface area contributed by atoms with Gasteiger partial charge < -0.3 is 5.73 Å². The van der Waals surface area contributed by atoms with Crippen LogP contribution in [0.25, 0.3) is 11.1 Å². The topological polar surface area (TPSA) is 26.0 Å². The van der Waals surface area contributed by atoms with E-state index in [9.17, 15) is 4.39 Å². The molecular formula is C17H20FN. The van der Waals surface area contributed by atoms with Crippen molar-refractivity contribution in [2.24, 2.45) is 0 Å². The number of hydrogen-bond acceptors (Lipinski definition) is 1. The number of anilines is 1. The van der Waals surface area contributed by atoms with Gasteiger partial charge in [-0.3, -0.25) is 0 Å². The lowest BCUT2D eigenvalue weighted by molar-refractivity contribution is 0.631. The van der Waals surface area contributed by atoms with Crippen LogP contribution in [0.2, 0.25) is 0 Å². The predicted octanol–water partition coefficient (Wildman–Crippen LogP) is 4.62. The smallest absolute Gasteiger partial charge is 0.131 e. The average Bonchev–Trinajstić information content (AvgIpc) is 2.38. The van der Waals surface area contributed by atoms with E-state index in [1.54, 1.807) is 12.1 Å². The quantitative estimate of drug-likeness (QED) is 0.741. The lowest BCUT2D eigenvalue weighted by Crippen LogP contribution is -2.01. The van der Waals surface area contributed by atoms with Gasteiger partial charge in [-0.15, -0.1) is 0 Å². The molecule has 0 aromatic heterocycles. The van der Waals surface area contributed by atoms with Crippen molar-refractivity contribution in [2.75, 3.05) is 5.73 Å². The van der Waals surface area contributed by atoms with Crippen molar-refractivity contribution < 1.29 is 4.39 Å². The van der Waals surface area contributed by atoms with Gasteiger partial charge in [0.25, 0.3) is 0 Å². The van der Waals surface area contributed by atoms with Crippen LogP contribution in [0.3, 0.4) is 0 Å². The number of benzene rings is 2. The Kier molecular flexibility index (Phi) is 3.36. The highest BCUT2D eigenvalue weighted by atomic mass is 19.1. The lowest BCUT2D eigenvalue weighted by atomic mass is 9.86. The Labute approximate surface area is 114 Å². The lowest BCUT2D eigenvalue weighted by Gasteiger charge is -2.19. The Morgan fingerprint density at radius 1 is 0.789 bits per heavy atom. The minimum absolute atomic E-state index is 0.219. The fourth-order valence-electron chi connectivity index (χ4n) is 2.64. The van der Waals surface area contributed by atoms with Gasteiger partial charge in [0.15, 0.2) is 0 Å². The van der Waals surface area contributed by atoms with Crippen molar-refractivity contribution in [2.45, 2.75) is 34.6 Å². The summed E-state index contributed by atoms with van der Waals surface area (Å²) in [6.07, 6.45) is 0. The molecule has 0 unspecified atom stereocenters. The first-order valence-corrected chi connectivity index (χ1v) is 6.47. The van der Waals surface area contributed by atoms with Crippen molar-refractivity contribution in [3.05, 3.63) is 51.8 Å². The molecule has 0 saturated heterocycles. The highest BCUT2D eigenvalue weighted by Crippen LogP contribution is 2.36. The summed E-state index contributed by atoms with van der Waals surface area (Å²) in [6, 6.07) is 4.75. The number of nitrogen functional groups attached to an aromatic ring is 1. The van der Waals surface area contributed by atoms with Gasteiger partial charge in [0.2, 0.25) is 0 Å². The molecule has 0 saturated carbocycles. The van der Waals surface area contributed by atoms with Crippen LogP contribution in [0, 0.1) is 40.4 Å². The molecule has 1 nitrogen and oxygen atoms in total. The molecular weight excluding hydrogens is 237 g/mol. The van der Waals surface area contributed by atoms with E-state index >= 15 is 0 Å². The van der Waals surface area contributed by atoms with Crippen molar-refractivity contribution in [1.29, 1.82) is 0 Å². The zero-order valence-electron chi connectivity index (χ0n) is 12.2. The van der Waals surface area contributed by atoms with Gasteiger partial charge in [0.1, 0.15) is 5.82 Å². The summed E-state index contributed by atoms with van der Waals surface area (Å²) in [5, 5.41) is 0. The van der Waals surface area contributed by atoms with Gasteiger partial charge in [-0.2, -0.15) is 0 Å². The van der Waals surface area contributed by atoms with Gasteiger partial charge in [-0.25, -0.2) is 4.39 Å². The van der Waals surface area contributed by atoms with Gasteiger partial charge in [0, 0.05) is 11.3 Å². The average molecular weight is 257 g/mol. The van der Waals surface area contributed by atoms with E-state index in [1.165, 1.54) is 22.8 Å². The van der Waals surface area contributed by atoms with Gasteiger partial charge in [-0.05, 0) is 86.2 Å². The fourth-order valence-corrected chi connectivity index (χ4v) is 2.64. The SMILES string of the molecule is Cc1c(C)c(C)c(-c2cc(N)ccc2F)c(C)c1C. The van der Waals surface area contributed by atoms with Crippen LogP contribution in [-0.4, -0.2) is 0 Å². The molecule has 2 aromatic carbocycles. The van der Waals surface area contributed by atoms with Gasteiger partial charge >= 0.3 is 0 Å². The summed E-state index contributed by atoms with van der Waals surface area (Å²) >= 11 is 0. The second kappa shape index (κ2) is 4.69. The largest absolute Gasteiger partial charge is 0.399 e. The van der Waals surface area contributed by atoms with E-state index in [0.717, 1.165) is 16.7 Å². The molecule has 2 rings (SSSR count). The van der Waals surface area contributed by atoms with E-state index in [4.69, 9.17) is 5.73 Å². The molecule has 0 heterocycles. The van der Waals surface area contributed by atoms with Crippen LogP contribution >= 0.6 is 0 Å². The summed E-state index contributed by atoms with van der Waals surface area (Å²) in [7, 11) is 0. The summed E-state index contributed by atoms with van der Waals surface area (Å²) in [5.74, 6) is -0.219. The number of halogens is 1. The van der Waals surface area contributed by atoms with Crippen molar-refractivity contribution in [3.63, 3.8) is 0 Å². The Bertz CT molecular complexity index is 628. The molecule has 0 aliphatic rings. The van der Waals surface area contributed by atoms with Crippen LogP contribution < -0.4 is 5.73 Å². The summed E-state index contributed by atoms with van der Waals surface area (Å²) in [4.78, 5) is 0. The highest BCUT2D eigenvalue weighted by molar-refractivity contribution is 5.77. The molecule has 0 fully saturated rings. The Morgan fingerprint density at radius 3 is 1.79 bits per heavy atom. The van der Waals surface area contributed by atoms with Crippen LogP contribution in [0.1, 0.15) is 27.8 Å². The molecule has 100 valence electrons. The Hall–Kier alpha value is -1.83. The van der Waals surface area contributed by atoms with Crippen LogP contribution in [0.4, 0.5) is 10.1 Å². The third kappa shape index (κ3) is 2.12. The summed E-state index contributed by atoms with van der Waals surface area (Å²) in [5.41, 5.74) is 14.0. The highest BCUT2D eigenvalue weighted by Gasteiger charge is 2.16. The zero-order valence-corrected chi connectivity index (χ0v) is 12.2. The number of rotatable bonds is 1. The predicted molar refractivity (Wildman–Crippen MR) is 79.9 cm³/mol. The molecule has 0 bridgehead atoms. The molecule has 0 amide bonds. The number of nitrogens with two attached hydrogens (primary N) is 1. The normalized spacial score (nSPS) is 10.8. The van der Waals surface area contributed by atoms with Crippen molar-refractivity contribution >= 4 is 5.69 Å². The van der Waals surface area contributed by atoms with E-state index < -0.39 is 0 Å². The first-order chi connectivity index (χ1) is 8.84. The first-order valence-electron chi connectivity index (χ1n) is 6.47. The molecule has 2 aromatic rings. The van der Waals surface area contributed by atoms with Gasteiger partial charge in [0.05, 0.1) is 0 Å². The van der Waals surface area contributed by atoms with E-state index in [0.29, 0.717) is 11.3 Å². The Balaban J connectivity index is 2.87. The van der Waals surface area contributed by atoms with E-state index in [2.05, 4.69) is 20.8 Å². The van der Waals surface area contributed by atoms with E-state index in [1.807, 2.05) is 13.8 Å². The van der Waals surface area contributed by atoms with Gasteiger partial charge in [-0.1, -0.05) is 0 Å². The third-order valence-electron chi connectivity index (χ3n) is 4.26. The van der Waals surface area contributed by atoms with Crippen LogP contribution in [0.5, 0.6) is 0 Å². The molecule has 0 spiro atoms. The molecule has 0 aliphatic heterocycles. The Morgan fingerprint density at radius 2 is 1.26 bits per heavy atom. The first kappa shape index (κ1) is 13.6. The molecule has 0 aliphatic carbocycles. The maximum Gasteiger partial charge on any atom is 0.131 e. The molecule has 2 N–H and O–H groups in total. The minimum atomic E-state index is -0.219. The summed E-state index contributed by atoms with van der Waals surface area (Å²) in [6.45, 7) is 10.4. The maximum atomic E-state index is 14.1. The maximum absolute atomic E-state index is 14.1. The molecule has 0 atom stereocenters. The summed E-state index contributed by atoms with van der Waals surface area (Å²) < 4.78 is 14.1. The molecule has 2 heteroatoms. The zero-order chi connectivity index (χ0) is 14.3. The minimum Gasteiger partial charge on any atom is -0.399 e. The standard InChI is InChI=1S/C17H20FN/c1-9-10(2)12(4)17(13(5)11(9)3)15-8-14(19)6-7-16(15)18/h6-8H,19H2,1-5H3. The van der Waals surface area contributed by atoms with E-state index in [-0.39, 0.29) is 5.82 Å². The van der Waals surface area contributed by atoms with Crippen LogP contribution in [-0.2, 0) is 0 Å². The van der Waals surface area contributed by atoms with Crippen molar-refractivity contribution in [1.82, 2.24) is 0 Å². The number of hydrogen-bond donors (Lipinski definition) is 1. The third-order valence-corrected chi connectivity index (χ3v) is 4.26. The molecule has 19 heavy (non-hydrogen) atoms. The fraction of sp³-hybridized carbons (Fsp3) is 0.294. The van der Waals surface area contributed by atoms with Crippen molar-refractivity contribution in [3.8, 4) is 11.1 Å². The molecule has 0 radical (unpaired) electrons. The van der Waals surface area contributed by atoms with Crippen LogP contribution in [0.15, 0.2) is 18.2 Å². The second-order valence-electron chi connectivity index (χ2n) is 5.24. The second-order valence-corrected chi connectivity index (χ2v) is 5.24. The monoisotopic (exact) mass is 257 g/mol.